The molecule has 0 unspecified atom stereocenters. The van der Waals surface area contributed by atoms with Crippen molar-refractivity contribution >= 4 is 11.6 Å². The Morgan fingerprint density at radius 3 is 2.79 bits per heavy atom. The minimum absolute atomic E-state index is 0.0161. The molecule has 2 aromatic rings. The molecule has 0 saturated carbocycles. The second-order valence-corrected chi connectivity index (χ2v) is 4.52. The van der Waals surface area contributed by atoms with Crippen molar-refractivity contribution in [2.24, 2.45) is 5.92 Å². The highest BCUT2D eigenvalue weighted by Crippen LogP contribution is 2.27. The summed E-state index contributed by atoms with van der Waals surface area (Å²) in [6.45, 7) is 3.19. The molecule has 1 saturated heterocycles. The Kier molecular flexibility index (Phi) is 3.00. The Morgan fingerprint density at radius 2 is 2.16 bits per heavy atom. The number of nitrogens with one attached hydrogen (secondary N) is 2. The van der Waals surface area contributed by atoms with Gasteiger partial charge < -0.3 is 15.1 Å². The standard InChI is InChI=1S/C13H14N4O2/c1-8-16-17-13(19-8)10-4-2-3-5-11(10)15-12(18)9-6-14-7-9/h2-5,9,14H,6-7H2,1H3,(H,15,18). The highest BCUT2D eigenvalue weighted by molar-refractivity contribution is 5.96. The molecule has 1 aromatic heterocycles. The summed E-state index contributed by atoms with van der Waals surface area (Å²) in [6.07, 6.45) is 0. The lowest BCUT2D eigenvalue weighted by Crippen LogP contribution is -2.48. The maximum atomic E-state index is 12.0. The van der Waals surface area contributed by atoms with Gasteiger partial charge in [-0.1, -0.05) is 12.1 Å². The molecule has 6 heteroatoms. The van der Waals surface area contributed by atoms with Crippen molar-refractivity contribution in [1.82, 2.24) is 15.5 Å². The van der Waals surface area contributed by atoms with Gasteiger partial charge in [-0.2, -0.15) is 0 Å². The molecule has 0 aliphatic carbocycles. The van der Waals surface area contributed by atoms with Crippen LogP contribution in [0, 0.1) is 12.8 Å². The molecule has 0 spiro atoms. The number of benzene rings is 1. The second kappa shape index (κ2) is 4.81. The molecule has 1 aromatic carbocycles. The fourth-order valence-electron chi connectivity index (χ4n) is 1.89. The van der Waals surface area contributed by atoms with Crippen molar-refractivity contribution in [3.05, 3.63) is 30.2 Å². The van der Waals surface area contributed by atoms with Crippen LogP contribution in [-0.2, 0) is 4.79 Å². The number of nitrogens with zero attached hydrogens (tertiary/aromatic N) is 2. The zero-order valence-electron chi connectivity index (χ0n) is 10.5. The van der Waals surface area contributed by atoms with E-state index in [2.05, 4.69) is 20.8 Å². The van der Waals surface area contributed by atoms with Gasteiger partial charge in [0.1, 0.15) is 0 Å². The van der Waals surface area contributed by atoms with Crippen molar-refractivity contribution in [1.29, 1.82) is 0 Å². The third kappa shape index (κ3) is 2.34. The fourth-order valence-corrected chi connectivity index (χ4v) is 1.89. The molecule has 1 amide bonds. The molecule has 2 heterocycles. The third-order valence-electron chi connectivity index (χ3n) is 3.09. The SMILES string of the molecule is Cc1nnc(-c2ccccc2NC(=O)C2CNC2)o1. The molecule has 0 atom stereocenters. The molecule has 1 aliphatic heterocycles. The largest absolute Gasteiger partial charge is 0.421 e. The Labute approximate surface area is 110 Å². The van der Waals surface area contributed by atoms with Crippen LogP contribution in [-0.4, -0.2) is 29.2 Å². The van der Waals surface area contributed by atoms with E-state index < -0.39 is 0 Å². The molecule has 1 aliphatic rings. The summed E-state index contributed by atoms with van der Waals surface area (Å²) >= 11 is 0. The fraction of sp³-hybridized carbons (Fsp3) is 0.308. The zero-order chi connectivity index (χ0) is 13.2. The summed E-state index contributed by atoms with van der Waals surface area (Å²) < 4.78 is 5.41. The number of anilines is 1. The van der Waals surface area contributed by atoms with E-state index in [0.717, 1.165) is 18.7 Å². The normalized spacial score (nSPS) is 15.0. The Hall–Kier alpha value is -2.21. The lowest BCUT2D eigenvalue weighted by Gasteiger charge is -2.26. The van der Waals surface area contributed by atoms with Crippen LogP contribution in [0.4, 0.5) is 5.69 Å². The van der Waals surface area contributed by atoms with Gasteiger partial charge in [-0.15, -0.1) is 10.2 Å². The first kappa shape index (κ1) is 11.9. The summed E-state index contributed by atoms with van der Waals surface area (Å²) in [4.78, 5) is 12.0. The molecule has 0 radical (unpaired) electrons. The average Bonchev–Trinajstić information content (AvgIpc) is 2.74. The average molecular weight is 258 g/mol. The molecule has 3 rings (SSSR count). The highest BCUT2D eigenvalue weighted by atomic mass is 16.4. The summed E-state index contributed by atoms with van der Waals surface area (Å²) in [5.41, 5.74) is 1.44. The summed E-state index contributed by atoms with van der Waals surface area (Å²) in [5.74, 6) is 0.972. The minimum Gasteiger partial charge on any atom is -0.421 e. The van der Waals surface area contributed by atoms with Crippen molar-refractivity contribution in [3.63, 3.8) is 0 Å². The number of carbonyl (C=O) groups excluding carboxylic acids is 1. The van der Waals surface area contributed by atoms with Crippen molar-refractivity contribution < 1.29 is 9.21 Å². The van der Waals surface area contributed by atoms with Gasteiger partial charge in [0, 0.05) is 20.0 Å². The number of amides is 1. The van der Waals surface area contributed by atoms with Crippen LogP contribution < -0.4 is 10.6 Å². The first-order valence-corrected chi connectivity index (χ1v) is 6.15. The number of para-hydroxylation sites is 1. The van der Waals surface area contributed by atoms with E-state index in [1.54, 1.807) is 6.92 Å². The van der Waals surface area contributed by atoms with Crippen molar-refractivity contribution in [2.75, 3.05) is 18.4 Å². The summed E-state index contributed by atoms with van der Waals surface area (Å²) in [6, 6.07) is 7.41. The Bertz CT molecular complexity index is 604. The molecule has 0 bridgehead atoms. The summed E-state index contributed by atoms with van der Waals surface area (Å²) in [7, 11) is 0. The van der Waals surface area contributed by atoms with Crippen LogP contribution in [0.3, 0.4) is 0 Å². The van der Waals surface area contributed by atoms with Crippen molar-refractivity contribution in [2.45, 2.75) is 6.92 Å². The lowest BCUT2D eigenvalue weighted by atomic mass is 10.0. The van der Waals surface area contributed by atoms with E-state index in [4.69, 9.17) is 4.42 Å². The maximum Gasteiger partial charge on any atom is 0.249 e. The smallest absolute Gasteiger partial charge is 0.249 e. The van der Waals surface area contributed by atoms with E-state index in [9.17, 15) is 4.79 Å². The van der Waals surface area contributed by atoms with Crippen LogP contribution in [0.2, 0.25) is 0 Å². The van der Waals surface area contributed by atoms with Gasteiger partial charge in [-0.3, -0.25) is 4.79 Å². The number of rotatable bonds is 3. The third-order valence-corrected chi connectivity index (χ3v) is 3.09. The maximum absolute atomic E-state index is 12.0. The first-order chi connectivity index (χ1) is 9.24. The van der Waals surface area contributed by atoms with Crippen LogP contribution in [0.5, 0.6) is 0 Å². The number of carbonyl (C=O) groups is 1. The molecular weight excluding hydrogens is 244 g/mol. The molecule has 98 valence electrons. The number of aromatic nitrogens is 2. The Morgan fingerprint density at radius 1 is 1.37 bits per heavy atom. The summed E-state index contributed by atoms with van der Waals surface area (Å²) in [5, 5.41) is 13.8. The predicted molar refractivity (Wildman–Crippen MR) is 69.5 cm³/mol. The zero-order valence-corrected chi connectivity index (χ0v) is 10.5. The molecule has 2 N–H and O–H groups in total. The number of hydrogen-bond donors (Lipinski definition) is 2. The van der Waals surface area contributed by atoms with Gasteiger partial charge in [0.25, 0.3) is 0 Å². The number of hydrogen-bond acceptors (Lipinski definition) is 5. The minimum atomic E-state index is 0.0161. The van der Waals surface area contributed by atoms with Crippen LogP contribution in [0.15, 0.2) is 28.7 Å². The number of aryl methyl sites for hydroxylation is 1. The Balaban J connectivity index is 1.86. The van der Waals surface area contributed by atoms with E-state index in [1.165, 1.54) is 0 Å². The van der Waals surface area contributed by atoms with Crippen molar-refractivity contribution in [3.8, 4) is 11.5 Å². The predicted octanol–water partition coefficient (Wildman–Crippen LogP) is 1.20. The van der Waals surface area contributed by atoms with Crippen LogP contribution >= 0.6 is 0 Å². The van der Waals surface area contributed by atoms with E-state index in [-0.39, 0.29) is 11.8 Å². The van der Waals surface area contributed by atoms with E-state index in [1.807, 2.05) is 24.3 Å². The van der Waals surface area contributed by atoms with Crippen LogP contribution in [0.1, 0.15) is 5.89 Å². The first-order valence-electron chi connectivity index (χ1n) is 6.15. The van der Waals surface area contributed by atoms with Crippen LogP contribution in [0.25, 0.3) is 11.5 Å². The molecule has 19 heavy (non-hydrogen) atoms. The monoisotopic (exact) mass is 258 g/mol. The quantitative estimate of drug-likeness (QED) is 0.864. The molecule has 1 fully saturated rings. The van der Waals surface area contributed by atoms with Gasteiger partial charge in [-0.05, 0) is 12.1 Å². The highest BCUT2D eigenvalue weighted by Gasteiger charge is 2.25. The molecule has 6 nitrogen and oxygen atoms in total. The van der Waals surface area contributed by atoms with E-state index >= 15 is 0 Å². The lowest BCUT2D eigenvalue weighted by molar-refractivity contribution is -0.121. The molecular formula is C13H14N4O2. The van der Waals surface area contributed by atoms with Gasteiger partial charge in [0.05, 0.1) is 17.2 Å². The van der Waals surface area contributed by atoms with Gasteiger partial charge in [0.2, 0.25) is 17.7 Å². The van der Waals surface area contributed by atoms with Gasteiger partial charge in [-0.25, -0.2) is 0 Å². The second-order valence-electron chi connectivity index (χ2n) is 4.52. The van der Waals surface area contributed by atoms with Gasteiger partial charge >= 0.3 is 0 Å². The van der Waals surface area contributed by atoms with Gasteiger partial charge in [0.15, 0.2) is 0 Å². The van der Waals surface area contributed by atoms with E-state index in [0.29, 0.717) is 17.5 Å². The topological polar surface area (TPSA) is 80.0 Å².